The second-order valence-electron chi connectivity index (χ2n) is 3.64. The number of aliphatic hydroxyl groups is 1. The molecule has 1 N–H and O–H groups in total. The minimum Gasteiger partial charge on any atom is -0.384 e. The van der Waals surface area contributed by atoms with Crippen LogP contribution in [0.1, 0.15) is 13.8 Å². The molecule has 1 saturated heterocycles. The van der Waals surface area contributed by atoms with Crippen molar-refractivity contribution in [1.82, 2.24) is 4.90 Å². The molecular weight excluding hydrogens is 186 g/mol. The van der Waals surface area contributed by atoms with Crippen molar-refractivity contribution in [3.05, 3.63) is 0 Å². The predicted octanol–water partition coefficient (Wildman–Crippen LogP) is 0.579. The Labute approximate surface area is 83.5 Å². The fraction of sp³-hybridized carbons (Fsp3) is 0.889. The molecule has 0 aromatic carbocycles. The molecule has 76 valence electrons. The van der Waals surface area contributed by atoms with Crippen molar-refractivity contribution in [2.24, 2.45) is 5.92 Å². The van der Waals surface area contributed by atoms with Crippen LogP contribution >= 0.6 is 11.8 Å². The fourth-order valence-corrected chi connectivity index (χ4v) is 2.47. The van der Waals surface area contributed by atoms with Crippen molar-refractivity contribution >= 4 is 17.7 Å². The first-order chi connectivity index (χ1) is 6.11. The highest BCUT2D eigenvalue weighted by Crippen LogP contribution is 2.15. The fourth-order valence-electron chi connectivity index (χ4n) is 1.44. The Kier molecular flexibility index (Phi) is 4.06. The third kappa shape index (κ3) is 3.19. The van der Waals surface area contributed by atoms with E-state index in [2.05, 4.69) is 6.92 Å². The minimum absolute atomic E-state index is 0.130. The molecule has 2 atom stereocenters. The molecule has 4 heteroatoms. The Bertz CT molecular complexity index is 184. The van der Waals surface area contributed by atoms with E-state index < -0.39 is 6.10 Å². The van der Waals surface area contributed by atoms with E-state index in [0.29, 0.717) is 5.92 Å². The van der Waals surface area contributed by atoms with Crippen LogP contribution in [0.4, 0.5) is 0 Å². The molecule has 0 radical (unpaired) electrons. The molecule has 3 nitrogen and oxygen atoms in total. The number of carbonyl (C=O) groups is 1. The molecule has 1 amide bonds. The lowest BCUT2D eigenvalue weighted by Gasteiger charge is -2.23. The summed E-state index contributed by atoms with van der Waals surface area (Å²) in [6.07, 6.45) is -0.852. The first-order valence-corrected chi connectivity index (χ1v) is 5.81. The average Bonchev–Trinajstić information content (AvgIpc) is 2.28. The van der Waals surface area contributed by atoms with Crippen molar-refractivity contribution in [3.63, 3.8) is 0 Å². The van der Waals surface area contributed by atoms with Crippen LogP contribution in [0.3, 0.4) is 0 Å². The molecule has 1 heterocycles. The highest BCUT2D eigenvalue weighted by molar-refractivity contribution is 7.99. The second-order valence-corrected chi connectivity index (χ2v) is 4.79. The number of aliphatic hydroxyl groups excluding tert-OH is 1. The van der Waals surface area contributed by atoms with Crippen molar-refractivity contribution in [1.29, 1.82) is 0 Å². The molecule has 0 aliphatic carbocycles. The number of rotatable bonds is 1. The van der Waals surface area contributed by atoms with Crippen LogP contribution < -0.4 is 0 Å². The summed E-state index contributed by atoms with van der Waals surface area (Å²) in [5.41, 5.74) is 0. The van der Waals surface area contributed by atoms with Crippen LogP contribution in [-0.2, 0) is 4.79 Å². The van der Waals surface area contributed by atoms with Gasteiger partial charge in [0, 0.05) is 18.8 Å². The summed E-state index contributed by atoms with van der Waals surface area (Å²) in [4.78, 5) is 13.2. The van der Waals surface area contributed by atoms with E-state index in [1.54, 1.807) is 4.90 Å². The quantitative estimate of drug-likeness (QED) is 0.677. The number of amides is 1. The molecule has 0 aromatic heterocycles. The third-order valence-electron chi connectivity index (χ3n) is 2.11. The number of nitrogens with zero attached hydrogens (tertiary/aromatic N) is 1. The van der Waals surface area contributed by atoms with Crippen molar-refractivity contribution < 1.29 is 9.90 Å². The summed E-state index contributed by atoms with van der Waals surface area (Å²) < 4.78 is 0. The Hall–Kier alpha value is -0.220. The molecule has 1 unspecified atom stereocenters. The first-order valence-electron chi connectivity index (χ1n) is 4.66. The maximum Gasteiger partial charge on any atom is 0.251 e. The van der Waals surface area contributed by atoms with Gasteiger partial charge in [0.05, 0.1) is 0 Å². The standard InChI is InChI=1S/C9H17NO2S/c1-7-5-10(3-4-13-6-7)9(12)8(2)11/h7-8,11H,3-6H2,1-2H3/t7?,8-/m1/s1. The zero-order valence-electron chi connectivity index (χ0n) is 8.19. The van der Waals surface area contributed by atoms with Gasteiger partial charge in [-0.3, -0.25) is 4.79 Å². The predicted molar refractivity (Wildman–Crippen MR) is 54.7 cm³/mol. The van der Waals surface area contributed by atoms with Crippen molar-refractivity contribution in [2.45, 2.75) is 20.0 Å². The van der Waals surface area contributed by atoms with Gasteiger partial charge in [-0.2, -0.15) is 11.8 Å². The maximum atomic E-state index is 11.5. The maximum absolute atomic E-state index is 11.5. The highest BCUT2D eigenvalue weighted by atomic mass is 32.2. The van der Waals surface area contributed by atoms with Crippen LogP contribution in [0.15, 0.2) is 0 Å². The van der Waals surface area contributed by atoms with Gasteiger partial charge in [-0.1, -0.05) is 6.92 Å². The number of hydrogen-bond acceptors (Lipinski definition) is 3. The highest BCUT2D eigenvalue weighted by Gasteiger charge is 2.22. The lowest BCUT2D eigenvalue weighted by molar-refractivity contribution is -0.139. The van der Waals surface area contributed by atoms with Gasteiger partial charge in [-0.15, -0.1) is 0 Å². The summed E-state index contributed by atoms with van der Waals surface area (Å²) in [5, 5.41) is 9.15. The largest absolute Gasteiger partial charge is 0.384 e. The van der Waals surface area contributed by atoms with E-state index in [1.165, 1.54) is 6.92 Å². The van der Waals surface area contributed by atoms with Gasteiger partial charge in [0.25, 0.3) is 5.91 Å². The van der Waals surface area contributed by atoms with Crippen molar-refractivity contribution in [2.75, 3.05) is 24.6 Å². The number of carbonyl (C=O) groups excluding carboxylic acids is 1. The van der Waals surface area contributed by atoms with Crippen LogP contribution in [0.2, 0.25) is 0 Å². The Morgan fingerprint density at radius 2 is 2.38 bits per heavy atom. The van der Waals surface area contributed by atoms with E-state index in [-0.39, 0.29) is 5.91 Å². The zero-order chi connectivity index (χ0) is 9.84. The monoisotopic (exact) mass is 203 g/mol. The summed E-state index contributed by atoms with van der Waals surface area (Å²) in [6.45, 7) is 5.24. The van der Waals surface area contributed by atoms with E-state index in [9.17, 15) is 4.79 Å². The number of thioether (sulfide) groups is 1. The molecule has 0 saturated carbocycles. The summed E-state index contributed by atoms with van der Waals surface area (Å²) in [5.74, 6) is 2.51. The van der Waals surface area contributed by atoms with Crippen LogP contribution in [0.25, 0.3) is 0 Å². The van der Waals surface area contributed by atoms with Gasteiger partial charge in [0.1, 0.15) is 6.10 Å². The van der Waals surface area contributed by atoms with Gasteiger partial charge in [0.2, 0.25) is 0 Å². The van der Waals surface area contributed by atoms with Crippen LogP contribution in [0, 0.1) is 5.92 Å². The van der Waals surface area contributed by atoms with E-state index >= 15 is 0 Å². The smallest absolute Gasteiger partial charge is 0.251 e. The normalized spacial score (nSPS) is 26.7. The van der Waals surface area contributed by atoms with Gasteiger partial charge in [-0.25, -0.2) is 0 Å². The van der Waals surface area contributed by atoms with Gasteiger partial charge in [-0.05, 0) is 18.6 Å². The Morgan fingerprint density at radius 1 is 1.69 bits per heavy atom. The molecule has 1 aliphatic rings. The Morgan fingerprint density at radius 3 is 3.00 bits per heavy atom. The molecule has 1 fully saturated rings. The zero-order valence-corrected chi connectivity index (χ0v) is 9.01. The molecule has 1 aliphatic heterocycles. The van der Waals surface area contributed by atoms with E-state index in [1.807, 2.05) is 11.8 Å². The van der Waals surface area contributed by atoms with Gasteiger partial charge in [0.15, 0.2) is 0 Å². The molecule has 0 spiro atoms. The SMILES string of the molecule is CC1CSCCN(C(=O)[C@@H](C)O)C1. The van der Waals surface area contributed by atoms with E-state index in [0.717, 1.165) is 24.6 Å². The third-order valence-corrected chi connectivity index (χ3v) is 3.39. The average molecular weight is 203 g/mol. The molecule has 1 rings (SSSR count). The van der Waals surface area contributed by atoms with Gasteiger partial charge < -0.3 is 10.0 Å². The molecule has 0 bridgehead atoms. The van der Waals surface area contributed by atoms with Crippen molar-refractivity contribution in [3.8, 4) is 0 Å². The van der Waals surface area contributed by atoms with Crippen LogP contribution in [-0.4, -0.2) is 46.6 Å². The molecular formula is C9H17NO2S. The summed E-state index contributed by atoms with van der Waals surface area (Å²) in [7, 11) is 0. The van der Waals surface area contributed by atoms with E-state index in [4.69, 9.17) is 5.11 Å². The summed E-state index contributed by atoms with van der Waals surface area (Å²) in [6, 6.07) is 0. The van der Waals surface area contributed by atoms with Gasteiger partial charge >= 0.3 is 0 Å². The lowest BCUT2D eigenvalue weighted by Crippen LogP contribution is -2.40. The number of hydrogen-bond donors (Lipinski definition) is 1. The molecule has 13 heavy (non-hydrogen) atoms. The summed E-state index contributed by atoms with van der Waals surface area (Å²) >= 11 is 1.88. The topological polar surface area (TPSA) is 40.5 Å². The first kappa shape index (κ1) is 10.9. The van der Waals surface area contributed by atoms with Crippen LogP contribution in [0.5, 0.6) is 0 Å². The second kappa shape index (κ2) is 4.86. The molecule has 0 aromatic rings. The lowest BCUT2D eigenvalue weighted by atomic mass is 10.2. The minimum atomic E-state index is -0.852. The Balaban J connectivity index is 2.52.